The van der Waals surface area contributed by atoms with Crippen molar-refractivity contribution in [3.8, 4) is 16.9 Å². The first-order chi connectivity index (χ1) is 13.9. The van der Waals surface area contributed by atoms with E-state index in [2.05, 4.69) is 16.9 Å². The van der Waals surface area contributed by atoms with Crippen molar-refractivity contribution in [3.63, 3.8) is 0 Å². The fraction of sp³-hybridized carbons (Fsp3) is 0.227. The van der Waals surface area contributed by atoms with E-state index in [1.165, 1.54) is 0 Å². The van der Waals surface area contributed by atoms with Crippen LogP contribution in [0.15, 0.2) is 43.0 Å². The maximum absolute atomic E-state index is 6.64. The van der Waals surface area contributed by atoms with Crippen LogP contribution in [0.3, 0.4) is 0 Å². The number of nitrogen functional groups attached to an aromatic ring is 1. The van der Waals surface area contributed by atoms with Crippen LogP contribution in [0.25, 0.3) is 16.6 Å². The molecule has 0 aliphatic heterocycles. The summed E-state index contributed by atoms with van der Waals surface area (Å²) in [6, 6.07) is 5.87. The molecule has 0 fully saturated rings. The summed E-state index contributed by atoms with van der Waals surface area (Å²) in [5.74, 6) is 1.98. The van der Waals surface area contributed by atoms with Crippen LogP contribution >= 0.6 is 11.6 Å². The van der Waals surface area contributed by atoms with Gasteiger partial charge in [-0.05, 0) is 31.5 Å². The van der Waals surface area contributed by atoms with E-state index >= 15 is 0 Å². The van der Waals surface area contributed by atoms with Gasteiger partial charge in [-0.3, -0.25) is 9.38 Å². The number of fused-ring (bicyclic) bond motifs is 1. The third-order valence-corrected chi connectivity index (χ3v) is 5.69. The van der Waals surface area contributed by atoms with Gasteiger partial charge in [-0.2, -0.15) is 0 Å². The highest BCUT2D eigenvalue weighted by molar-refractivity contribution is 6.32. The molecule has 6 nitrogen and oxygen atoms in total. The van der Waals surface area contributed by atoms with Gasteiger partial charge >= 0.3 is 0 Å². The average molecular weight is 408 g/mol. The van der Waals surface area contributed by atoms with Gasteiger partial charge in [0.2, 0.25) is 0 Å². The minimum atomic E-state index is -0.0959. The largest absolute Gasteiger partial charge is 0.496 e. The normalized spacial score (nSPS) is 12.3. The Morgan fingerprint density at radius 1 is 1.24 bits per heavy atom. The smallest absolute Gasteiger partial charge is 0.149 e. The molecule has 4 aromatic rings. The number of aryl methyl sites for hydroxylation is 1. The quantitative estimate of drug-likeness (QED) is 0.525. The van der Waals surface area contributed by atoms with Crippen molar-refractivity contribution in [3.05, 3.63) is 70.7 Å². The number of hydrogen-bond donors (Lipinski definition) is 1. The average Bonchev–Trinajstić information content (AvgIpc) is 3.07. The van der Waals surface area contributed by atoms with Gasteiger partial charge in [0.25, 0.3) is 0 Å². The summed E-state index contributed by atoms with van der Waals surface area (Å²) in [7, 11) is 1.68. The zero-order chi connectivity index (χ0) is 20.7. The number of nitrogens with two attached hydrogens (primary N) is 1. The Balaban J connectivity index is 1.97. The van der Waals surface area contributed by atoms with Gasteiger partial charge in [-0.15, -0.1) is 0 Å². The van der Waals surface area contributed by atoms with Crippen LogP contribution in [-0.2, 0) is 0 Å². The second-order valence-electron chi connectivity index (χ2n) is 7.03. The molecule has 0 spiro atoms. The molecule has 29 heavy (non-hydrogen) atoms. The molecule has 2 N–H and O–H groups in total. The van der Waals surface area contributed by atoms with E-state index in [9.17, 15) is 0 Å². The van der Waals surface area contributed by atoms with E-state index in [4.69, 9.17) is 27.1 Å². The van der Waals surface area contributed by atoms with Gasteiger partial charge in [0.05, 0.1) is 12.8 Å². The summed E-state index contributed by atoms with van der Waals surface area (Å²) >= 11 is 6.64. The zero-order valence-corrected chi connectivity index (χ0v) is 17.5. The molecule has 0 saturated heterocycles. The third-order valence-electron chi connectivity index (χ3n) is 5.30. The predicted octanol–water partition coefficient (Wildman–Crippen LogP) is 4.80. The molecule has 3 heterocycles. The minimum absolute atomic E-state index is 0.0959. The number of benzene rings is 1. The first kappa shape index (κ1) is 19.2. The van der Waals surface area contributed by atoms with Crippen LogP contribution in [0.1, 0.15) is 35.5 Å². The topological polar surface area (TPSA) is 78.3 Å². The van der Waals surface area contributed by atoms with Crippen molar-refractivity contribution in [2.75, 3.05) is 12.8 Å². The van der Waals surface area contributed by atoms with Crippen LogP contribution in [0, 0.1) is 13.8 Å². The molecular formula is C22H22ClN5O. The number of pyridine rings is 1. The molecule has 0 saturated carbocycles. The van der Waals surface area contributed by atoms with E-state index in [0.717, 1.165) is 45.0 Å². The number of hydrogen-bond acceptors (Lipinski definition) is 5. The Hall–Kier alpha value is -3.12. The Bertz CT molecular complexity index is 1200. The third kappa shape index (κ3) is 3.09. The van der Waals surface area contributed by atoms with Gasteiger partial charge in [0.1, 0.15) is 22.9 Å². The molecule has 148 valence electrons. The molecule has 7 heteroatoms. The number of anilines is 1. The van der Waals surface area contributed by atoms with E-state index in [1.807, 2.05) is 48.8 Å². The summed E-state index contributed by atoms with van der Waals surface area (Å²) < 4.78 is 7.88. The molecule has 1 unspecified atom stereocenters. The number of methoxy groups -OCH3 is 1. The van der Waals surface area contributed by atoms with Crippen LogP contribution in [-0.4, -0.2) is 26.5 Å². The lowest BCUT2D eigenvalue weighted by atomic mass is 9.91. The summed E-state index contributed by atoms with van der Waals surface area (Å²) in [5.41, 5.74) is 11.5. The monoisotopic (exact) mass is 407 g/mol. The van der Waals surface area contributed by atoms with Crippen molar-refractivity contribution in [2.45, 2.75) is 26.7 Å². The van der Waals surface area contributed by atoms with Crippen molar-refractivity contribution in [1.82, 2.24) is 19.4 Å². The number of halogens is 1. The molecule has 0 aliphatic carbocycles. The maximum atomic E-state index is 6.64. The summed E-state index contributed by atoms with van der Waals surface area (Å²) in [6.45, 7) is 6.01. The molecule has 4 rings (SSSR count). The predicted molar refractivity (Wildman–Crippen MR) is 116 cm³/mol. The van der Waals surface area contributed by atoms with Gasteiger partial charge < -0.3 is 10.5 Å². The van der Waals surface area contributed by atoms with Crippen molar-refractivity contribution >= 4 is 22.9 Å². The van der Waals surface area contributed by atoms with E-state index in [0.29, 0.717) is 10.8 Å². The minimum Gasteiger partial charge on any atom is -0.496 e. The van der Waals surface area contributed by atoms with E-state index in [1.54, 1.807) is 19.5 Å². The number of ether oxygens (including phenoxy) is 1. The molecule has 0 aliphatic rings. The van der Waals surface area contributed by atoms with Crippen molar-refractivity contribution < 1.29 is 4.74 Å². The van der Waals surface area contributed by atoms with Gasteiger partial charge in [0.15, 0.2) is 0 Å². The molecule has 0 amide bonds. The standard InChI is InChI=1S/C22H22ClN5O/c1-12(22-27-14(3)19-21(24)26-8-9-28(19)22)16-10-17(23)13(2)18(20(16)29-4)15-6-5-7-25-11-15/h5-12H,1-4H3,(H2,24,26). The highest BCUT2D eigenvalue weighted by atomic mass is 35.5. The van der Waals surface area contributed by atoms with Gasteiger partial charge in [-0.25, -0.2) is 9.97 Å². The summed E-state index contributed by atoms with van der Waals surface area (Å²) in [4.78, 5) is 13.2. The van der Waals surface area contributed by atoms with Crippen LogP contribution in [0.4, 0.5) is 5.82 Å². The molecule has 0 radical (unpaired) electrons. The van der Waals surface area contributed by atoms with Crippen molar-refractivity contribution in [1.29, 1.82) is 0 Å². The Labute approximate surface area is 174 Å². The fourth-order valence-electron chi connectivity index (χ4n) is 3.86. The van der Waals surface area contributed by atoms with Crippen LogP contribution in [0.2, 0.25) is 5.02 Å². The molecule has 1 atom stereocenters. The highest BCUT2D eigenvalue weighted by Crippen LogP contribution is 2.44. The number of imidazole rings is 1. The Morgan fingerprint density at radius 3 is 2.72 bits per heavy atom. The lowest BCUT2D eigenvalue weighted by Crippen LogP contribution is -2.07. The van der Waals surface area contributed by atoms with Gasteiger partial charge in [-0.1, -0.05) is 24.6 Å². The highest BCUT2D eigenvalue weighted by Gasteiger charge is 2.25. The lowest BCUT2D eigenvalue weighted by molar-refractivity contribution is 0.409. The molecule has 3 aromatic heterocycles. The fourth-order valence-corrected chi connectivity index (χ4v) is 4.07. The summed E-state index contributed by atoms with van der Waals surface area (Å²) in [5, 5.41) is 0.672. The second kappa shape index (κ2) is 7.37. The first-order valence-electron chi connectivity index (χ1n) is 9.30. The summed E-state index contributed by atoms with van der Waals surface area (Å²) in [6.07, 6.45) is 7.12. The van der Waals surface area contributed by atoms with E-state index < -0.39 is 0 Å². The molecule has 0 bridgehead atoms. The Kier molecular flexibility index (Phi) is 4.88. The lowest BCUT2D eigenvalue weighted by Gasteiger charge is -2.21. The second-order valence-corrected chi connectivity index (χ2v) is 7.44. The van der Waals surface area contributed by atoms with E-state index in [-0.39, 0.29) is 5.92 Å². The first-order valence-corrected chi connectivity index (χ1v) is 9.68. The molecule has 1 aromatic carbocycles. The SMILES string of the molecule is COc1c(C(C)c2nc(C)c3c(N)nccn23)cc(Cl)c(C)c1-c1cccnc1. The maximum Gasteiger partial charge on any atom is 0.149 e. The zero-order valence-electron chi connectivity index (χ0n) is 16.8. The number of aromatic nitrogens is 4. The molecular weight excluding hydrogens is 386 g/mol. The van der Waals surface area contributed by atoms with Gasteiger partial charge in [0, 0.05) is 52.4 Å². The Morgan fingerprint density at radius 2 is 2.03 bits per heavy atom. The van der Waals surface area contributed by atoms with Crippen LogP contribution < -0.4 is 10.5 Å². The number of rotatable bonds is 4. The van der Waals surface area contributed by atoms with Crippen LogP contribution in [0.5, 0.6) is 5.75 Å². The number of nitrogens with zero attached hydrogens (tertiary/aromatic N) is 4. The van der Waals surface area contributed by atoms with Crippen molar-refractivity contribution in [2.24, 2.45) is 0 Å².